The molecule has 3 atom stereocenters. The summed E-state index contributed by atoms with van der Waals surface area (Å²) in [6.07, 6.45) is -0.814. The van der Waals surface area contributed by atoms with Crippen molar-refractivity contribution < 1.29 is 29.1 Å². The molecule has 0 aliphatic heterocycles. The number of carboxylic acids is 1. The normalized spacial score (nSPS) is 13.6. The highest BCUT2D eigenvalue weighted by Gasteiger charge is 2.28. The lowest BCUT2D eigenvalue weighted by Crippen LogP contribution is -2.55. The summed E-state index contributed by atoms with van der Waals surface area (Å²) in [5, 5.41) is 13.9. The van der Waals surface area contributed by atoms with E-state index in [-0.39, 0.29) is 19.3 Å². The molecule has 1 aromatic carbocycles. The molecular formula is C18H25N5O6. The molecule has 4 amide bonds. The minimum Gasteiger partial charge on any atom is -0.480 e. The van der Waals surface area contributed by atoms with Crippen molar-refractivity contribution in [2.75, 3.05) is 0 Å². The number of carbonyl (C=O) groups is 5. The van der Waals surface area contributed by atoms with E-state index in [0.29, 0.717) is 5.56 Å². The van der Waals surface area contributed by atoms with Crippen LogP contribution in [0.2, 0.25) is 0 Å². The smallest absolute Gasteiger partial charge is 0.326 e. The summed E-state index contributed by atoms with van der Waals surface area (Å²) in [5.41, 5.74) is 16.3. The molecular weight excluding hydrogens is 382 g/mol. The topological polar surface area (TPSA) is 208 Å². The molecule has 11 heteroatoms. The Hall–Kier alpha value is -3.47. The van der Waals surface area contributed by atoms with Gasteiger partial charge in [0.05, 0.1) is 12.5 Å². The van der Waals surface area contributed by atoms with E-state index in [9.17, 15) is 29.1 Å². The maximum absolute atomic E-state index is 12.6. The first-order chi connectivity index (χ1) is 13.6. The van der Waals surface area contributed by atoms with E-state index >= 15 is 0 Å². The van der Waals surface area contributed by atoms with E-state index in [1.807, 2.05) is 0 Å². The van der Waals surface area contributed by atoms with Crippen LogP contribution in [0, 0.1) is 0 Å². The van der Waals surface area contributed by atoms with Crippen LogP contribution in [0.1, 0.15) is 24.8 Å². The Morgan fingerprint density at radius 1 is 0.897 bits per heavy atom. The SMILES string of the molecule is NC(=O)CCC(NC(=O)C(Cc1ccccc1)NC(=O)C(N)CC(N)=O)C(=O)O. The summed E-state index contributed by atoms with van der Waals surface area (Å²) in [4.78, 5) is 58.1. The van der Waals surface area contributed by atoms with Crippen molar-refractivity contribution in [1.82, 2.24) is 10.6 Å². The van der Waals surface area contributed by atoms with Crippen LogP contribution in [0.15, 0.2) is 30.3 Å². The highest BCUT2D eigenvalue weighted by atomic mass is 16.4. The minimum absolute atomic E-state index is 0.0455. The first kappa shape index (κ1) is 23.6. The lowest BCUT2D eigenvalue weighted by Gasteiger charge is -2.22. The summed E-state index contributed by atoms with van der Waals surface area (Å²) in [5.74, 6) is -4.42. The average molecular weight is 407 g/mol. The fourth-order valence-corrected chi connectivity index (χ4v) is 2.46. The molecule has 29 heavy (non-hydrogen) atoms. The zero-order valence-electron chi connectivity index (χ0n) is 15.7. The second-order valence-electron chi connectivity index (χ2n) is 6.43. The van der Waals surface area contributed by atoms with Gasteiger partial charge in [-0.05, 0) is 12.0 Å². The van der Waals surface area contributed by atoms with Crippen molar-refractivity contribution in [1.29, 1.82) is 0 Å². The van der Waals surface area contributed by atoms with Crippen molar-refractivity contribution in [2.45, 2.75) is 43.8 Å². The van der Waals surface area contributed by atoms with E-state index in [1.165, 1.54) is 0 Å². The van der Waals surface area contributed by atoms with Crippen molar-refractivity contribution in [3.8, 4) is 0 Å². The number of aliphatic carboxylic acids is 1. The third kappa shape index (κ3) is 8.84. The number of primary amides is 2. The Morgan fingerprint density at radius 2 is 1.48 bits per heavy atom. The Bertz CT molecular complexity index is 754. The Labute approximate surface area is 167 Å². The molecule has 0 aliphatic carbocycles. The van der Waals surface area contributed by atoms with E-state index in [0.717, 1.165) is 0 Å². The second kappa shape index (κ2) is 11.4. The van der Waals surface area contributed by atoms with Crippen molar-refractivity contribution >= 4 is 29.6 Å². The number of hydrogen-bond donors (Lipinski definition) is 6. The van der Waals surface area contributed by atoms with Gasteiger partial charge in [-0.15, -0.1) is 0 Å². The molecule has 1 rings (SSSR count). The third-order valence-electron chi connectivity index (χ3n) is 3.97. The van der Waals surface area contributed by atoms with Crippen LogP contribution in [-0.4, -0.2) is 52.8 Å². The molecule has 11 nitrogen and oxygen atoms in total. The molecule has 3 unspecified atom stereocenters. The van der Waals surface area contributed by atoms with Crippen molar-refractivity contribution in [3.05, 3.63) is 35.9 Å². The lowest BCUT2D eigenvalue weighted by atomic mass is 10.0. The van der Waals surface area contributed by atoms with Crippen LogP contribution >= 0.6 is 0 Å². The molecule has 0 saturated heterocycles. The molecule has 0 radical (unpaired) electrons. The molecule has 0 saturated carbocycles. The number of carbonyl (C=O) groups excluding carboxylic acids is 4. The number of amides is 4. The van der Waals surface area contributed by atoms with Crippen LogP contribution in [0.25, 0.3) is 0 Å². The van der Waals surface area contributed by atoms with Gasteiger partial charge in [0, 0.05) is 12.8 Å². The second-order valence-corrected chi connectivity index (χ2v) is 6.43. The van der Waals surface area contributed by atoms with E-state index in [2.05, 4.69) is 10.6 Å². The summed E-state index contributed by atoms with van der Waals surface area (Å²) < 4.78 is 0. The number of nitrogens with one attached hydrogen (secondary N) is 2. The fourth-order valence-electron chi connectivity index (χ4n) is 2.46. The molecule has 0 aliphatic rings. The van der Waals surface area contributed by atoms with Crippen LogP contribution in [-0.2, 0) is 30.4 Å². The minimum atomic E-state index is -1.37. The van der Waals surface area contributed by atoms with E-state index < -0.39 is 54.1 Å². The maximum atomic E-state index is 12.6. The van der Waals surface area contributed by atoms with Gasteiger partial charge in [-0.2, -0.15) is 0 Å². The standard InChI is InChI=1S/C18H25N5O6/c19-11(9-15(21)25)16(26)23-13(8-10-4-2-1-3-5-10)17(27)22-12(18(28)29)6-7-14(20)24/h1-5,11-13H,6-9,19H2,(H2,20,24)(H2,21,25)(H,22,27)(H,23,26)(H,28,29). The zero-order valence-corrected chi connectivity index (χ0v) is 15.7. The number of hydrogen-bond acceptors (Lipinski definition) is 6. The molecule has 0 fully saturated rings. The van der Waals surface area contributed by atoms with Gasteiger partial charge in [-0.25, -0.2) is 4.79 Å². The van der Waals surface area contributed by atoms with Crippen LogP contribution in [0.3, 0.4) is 0 Å². The maximum Gasteiger partial charge on any atom is 0.326 e. The van der Waals surface area contributed by atoms with Gasteiger partial charge < -0.3 is 32.9 Å². The fraction of sp³-hybridized carbons (Fsp3) is 0.389. The number of benzene rings is 1. The predicted octanol–water partition coefficient (Wildman–Crippen LogP) is -2.25. The quantitative estimate of drug-likeness (QED) is 0.224. The van der Waals surface area contributed by atoms with Gasteiger partial charge in [0.25, 0.3) is 0 Å². The first-order valence-corrected chi connectivity index (χ1v) is 8.79. The summed E-state index contributed by atoms with van der Waals surface area (Å²) in [6.45, 7) is 0. The predicted molar refractivity (Wildman–Crippen MR) is 102 cm³/mol. The van der Waals surface area contributed by atoms with Gasteiger partial charge in [-0.1, -0.05) is 30.3 Å². The Morgan fingerprint density at radius 3 is 2.00 bits per heavy atom. The van der Waals surface area contributed by atoms with Crippen LogP contribution in [0.5, 0.6) is 0 Å². The number of carboxylic acid groups (broad SMARTS) is 1. The summed E-state index contributed by atoms with van der Waals surface area (Å²) in [7, 11) is 0. The van der Waals surface area contributed by atoms with E-state index in [1.54, 1.807) is 30.3 Å². The molecule has 0 aromatic heterocycles. The highest BCUT2D eigenvalue weighted by Crippen LogP contribution is 2.06. The van der Waals surface area contributed by atoms with Crippen molar-refractivity contribution in [3.63, 3.8) is 0 Å². The largest absolute Gasteiger partial charge is 0.480 e. The molecule has 0 spiro atoms. The van der Waals surface area contributed by atoms with Crippen LogP contribution < -0.4 is 27.8 Å². The first-order valence-electron chi connectivity index (χ1n) is 8.79. The summed E-state index contributed by atoms with van der Waals surface area (Å²) in [6, 6.07) is 4.88. The van der Waals surface area contributed by atoms with Gasteiger partial charge in [-0.3, -0.25) is 19.2 Å². The van der Waals surface area contributed by atoms with Gasteiger partial charge in [0.15, 0.2) is 0 Å². The van der Waals surface area contributed by atoms with Gasteiger partial charge in [0.2, 0.25) is 23.6 Å². The molecule has 0 bridgehead atoms. The summed E-state index contributed by atoms with van der Waals surface area (Å²) >= 11 is 0. The molecule has 158 valence electrons. The number of nitrogens with two attached hydrogens (primary N) is 3. The highest BCUT2D eigenvalue weighted by molar-refractivity contribution is 5.93. The Balaban J connectivity index is 2.94. The van der Waals surface area contributed by atoms with Gasteiger partial charge >= 0.3 is 5.97 Å². The van der Waals surface area contributed by atoms with Crippen LogP contribution in [0.4, 0.5) is 0 Å². The monoisotopic (exact) mass is 407 g/mol. The number of rotatable bonds is 12. The zero-order chi connectivity index (χ0) is 22.0. The van der Waals surface area contributed by atoms with Gasteiger partial charge in [0.1, 0.15) is 12.1 Å². The molecule has 9 N–H and O–H groups in total. The van der Waals surface area contributed by atoms with Crippen molar-refractivity contribution in [2.24, 2.45) is 17.2 Å². The lowest BCUT2D eigenvalue weighted by molar-refractivity contribution is -0.142. The molecule has 1 aromatic rings. The van der Waals surface area contributed by atoms with E-state index in [4.69, 9.17) is 17.2 Å². The average Bonchev–Trinajstić information content (AvgIpc) is 2.64. The molecule has 0 heterocycles. The third-order valence-corrected chi connectivity index (χ3v) is 3.97. The Kier molecular flexibility index (Phi) is 9.26.